The Labute approximate surface area is 55.8 Å². The number of rotatable bonds is 0. The first-order chi connectivity index (χ1) is 2.27. The van der Waals surface area contributed by atoms with Crippen LogP contribution in [-0.4, -0.2) is 23.1 Å². The van der Waals surface area contributed by atoms with Crippen molar-refractivity contribution in [3.05, 3.63) is 18.6 Å². The highest BCUT2D eigenvalue weighted by Gasteiger charge is 1.60. The molecule has 0 unspecified atom stereocenters. The topological polar surface area (TPSA) is 0 Å². The fraction of sp³-hybridized carbons (Fsp3) is 0.400. The lowest BCUT2D eigenvalue weighted by atomic mass is 10.3. The molecule has 0 atom stereocenters. The Morgan fingerprint density at radius 3 is 1.67 bits per heavy atom. The molecule has 1 heteroatoms. The number of hydrogen-bond acceptors (Lipinski definition) is 0. The van der Waals surface area contributed by atoms with Gasteiger partial charge in [0.05, 0.1) is 0 Å². The SMILES string of the molecule is [CH2]C=C(C)C.[MgH2]. The van der Waals surface area contributed by atoms with Gasteiger partial charge in [-0.2, -0.15) is 0 Å². The van der Waals surface area contributed by atoms with Gasteiger partial charge in [-0.15, -0.1) is 0 Å². The van der Waals surface area contributed by atoms with Gasteiger partial charge in [-0.3, -0.25) is 0 Å². The fourth-order valence-electron chi connectivity index (χ4n) is 0. The quantitative estimate of drug-likeness (QED) is 0.392. The van der Waals surface area contributed by atoms with E-state index in [9.17, 15) is 0 Å². The first kappa shape index (κ1) is 9.71. The van der Waals surface area contributed by atoms with Crippen LogP contribution in [0.15, 0.2) is 11.6 Å². The number of allylic oxidation sites excluding steroid dienone is 2. The summed E-state index contributed by atoms with van der Waals surface area (Å²) in [5.74, 6) is 0. The molecule has 0 saturated heterocycles. The highest BCUT2D eigenvalue weighted by atomic mass is 24.3. The summed E-state index contributed by atoms with van der Waals surface area (Å²) in [7, 11) is 0. The Balaban J connectivity index is 0. The predicted octanol–water partition coefficient (Wildman–Crippen LogP) is 0.870. The first-order valence-electron chi connectivity index (χ1n) is 1.70. The van der Waals surface area contributed by atoms with Gasteiger partial charge in [0.2, 0.25) is 0 Å². The van der Waals surface area contributed by atoms with E-state index < -0.39 is 0 Å². The summed E-state index contributed by atoms with van der Waals surface area (Å²) < 4.78 is 0. The zero-order valence-corrected chi connectivity index (χ0v) is 3.78. The molecule has 0 aliphatic rings. The molecular formula is C5H11Mg. The minimum Gasteiger partial charge on any atom is -0.0856 e. The third kappa shape index (κ3) is 8.82. The molecule has 0 bridgehead atoms. The summed E-state index contributed by atoms with van der Waals surface area (Å²) in [4.78, 5) is 0. The Morgan fingerprint density at radius 1 is 1.50 bits per heavy atom. The molecule has 0 aromatic carbocycles. The molecule has 0 heterocycles. The zero-order valence-electron chi connectivity index (χ0n) is 3.78. The van der Waals surface area contributed by atoms with Gasteiger partial charge in [0.25, 0.3) is 0 Å². The molecule has 0 aliphatic carbocycles. The lowest BCUT2D eigenvalue weighted by Gasteiger charge is -1.73. The van der Waals surface area contributed by atoms with Crippen LogP contribution in [0.4, 0.5) is 0 Å². The third-order valence-electron chi connectivity index (χ3n) is 0.408. The van der Waals surface area contributed by atoms with Crippen LogP contribution in [0.25, 0.3) is 0 Å². The highest BCUT2D eigenvalue weighted by molar-refractivity contribution is 5.75. The van der Waals surface area contributed by atoms with E-state index in [1.807, 2.05) is 19.9 Å². The maximum Gasteiger partial charge on any atom is 0.316 e. The molecule has 0 saturated carbocycles. The van der Waals surface area contributed by atoms with Crippen LogP contribution in [0, 0.1) is 6.92 Å². The summed E-state index contributed by atoms with van der Waals surface area (Å²) in [6, 6.07) is 0. The fourth-order valence-corrected chi connectivity index (χ4v) is 0. The Hall–Kier alpha value is 0.506. The van der Waals surface area contributed by atoms with Gasteiger partial charge in [0.1, 0.15) is 0 Å². The molecule has 0 aliphatic heterocycles. The van der Waals surface area contributed by atoms with E-state index in [4.69, 9.17) is 0 Å². The standard InChI is InChI=1S/C5H9.Mg.2H/c1-4-5(2)3;;;/h4H,1H2,2-3H3;;;. The largest absolute Gasteiger partial charge is 0.316 e. The molecule has 0 spiro atoms. The van der Waals surface area contributed by atoms with Crippen molar-refractivity contribution in [3.63, 3.8) is 0 Å². The normalized spacial score (nSPS) is 5.83. The summed E-state index contributed by atoms with van der Waals surface area (Å²) >= 11 is 0. The van der Waals surface area contributed by atoms with Crippen molar-refractivity contribution in [2.24, 2.45) is 0 Å². The molecule has 0 nitrogen and oxygen atoms in total. The smallest absolute Gasteiger partial charge is 0.0856 e. The third-order valence-corrected chi connectivity index (χ3v) is 0.408. The van der Waals surface area contributed by atoms with Gasteiger partial charge in [-0.1, -0.05) is 11.6 Å². The second kappa shape index (κ2) is 5.51. The van der Waals surface area contributed by atoms with E-state index in [1.165, 1.54) is 5.57 Å². The Morgan fingerprint density at radius 2 is 1.67 bits per heavy atom. The van der Waals surface area contributed by atoms with Gasteiger partial charge in [0, 0.05) is 0 Å². The van der Waals surface area contributed by atoms with E-state index in [-0.39, 0.29) is 23.1 Å². The van der Waals surface area contributed by atoms with Crippen LogP contribution in [0.1, 0.15) is 13.8 Å². The molecule has 33 valence electrons. The van der Waals surface area contributed by atoms with Gasteiger partial charge in [-0.25, -0.2) is 0 Å². The molecule has 1 radical (unpaired) electrons. The monoisotopic (exact) mass is 95.1 g/mol. The van der Waals surface area contributed by atoms with Crippen LogP contribution < -0.4 is 0 Å². The van der Waals surface area contributed by atoms with Crippen molar-refractivity contribution in [2.45, 2.75) is 13.8 Å². The summed E-state index contributed by atoms with van der Waals surface area (Å²) in [6.07, 6.45) is 1.83. The Kier molecular flexibility index (Phi) is 8.91. The van der Waals surface area contributed by atoms with Crippen molar-refractivity contribution in [2.75, 3.05) is 0 Å². The highest BCUT2D eigenvalue weighted by Crippen LogP contribution is 1.82. The van der Waals surface area contributed by atoms with Gasteiger partial charge < -0.3 is 0 Å². The van der Waals surface area contributed by atoms with Crippen molar-refractivity contribution in [3.8, 4) is 0 Å². The molecule has 6 heavy (non-hydrogen) atoms. The summed E-state index contributed by atoms with van der Waals surface area (Å²) in [6.45, 7) is 7.56. The lowest BCUT2D eigenvalue weighted by Crippen LogP contribution is -1.52. The summed E-state index contributed by atoms with van der Waals surface area (Å²) in [5.41, 5.74) is 1.27. The van der Waals surface area contributed by atoms with Crippen molar-refractivity contribution in [1.29, 1.82) is 0 Å². The minimum atomic E-state index is 0. The molecule has 0 aromatic rings. The van der Waals surface area contributed by atoms with E-state index in [1.54, 1.807) is 0 Å². The zero-order chi connectivity index (χ0) is 4.28. The van der Waals surface area contributed by atoms with Gasteiger partial charge in [0.15, 0.2) is 0 Å². The van der Waals surface area contributed by atoms with E-state index >= 15 is 0 Å². The van der Waals surface area contributed by atoms with Crippen molar-refractivity contribution >= 4 is 23.1 Å². The van der Waals surface area contributed by atoms with E-state index in [0.717, 1.165) is 0 Å². The first-order valence-corrected chi connectivity index (χ1v) is 1.70. The summed E-state index contributed by atoms with van der Waals surface area (Å²) in [5, 5.41) is 0. The van der Waals surface area contributed by atoms with Crippen LogP contribution in [0.3, 0.4) is 0 Å². The minimum absolute atomic E-state index is 0. The van der Waals surface area contributed by atoms with Crippen LogP contribution in [-0.2, 0) is 0 Å². The van der Waals surface area contributed by atoms with E-state index in [0.29, 0.717) is 0 Å². The lowest BCUT2D eigenvalue weighted by molar-refractivity contribution is 1.39. The predicted molar refractivity (Wildman–Crippen MR) is 33.3 cm³/mol. The molecule has 0 N–H and O–H groups in total. The van der Waals surface area contributed by atoms with Gasteiger partial charge >= 0.3 is 23.1 Å². The second-order valence-electron chi connectivity index (χ2n) is 1.28. The Bertz CT molecular complexity index is 41.9. The average molecular weight is 95.4 g/mol. The van der Waals surface area contributed by atoms with Crippen LogP contribution >= 0.6 is 0 Å². The molecule has 0 fully saturated rings. The van der Waals surface area contributed by atoms with Crippen molar-refractivity contribution < 1.29 is 0 Å². The molecule has 0 amide bonds. The second-order valence-corrected chi connectivity index (χ2v) is 1.28. The van der Waals surface area contributed by atoms with Crippen LogP contribution in [0.2, 0.25) is 0 Å². The van der Waals surface area contributed by atoms with Crippen molar-refractivity contribution in [1.82, 2.24) is 0 Å². The molecule has 0 rings (SSSR count). The number of hydrogen-bond donors (Lipinski definition) is 0. The average Bonchev–Trinajstić information content (AvgIpc) is 1.38. The molecular weight excluding hydrogens is 84.4 g/mol. The molecule has 0 aromatic heterocycles. The van der Waals surface area contributed by atoms with Gasteiger partial charge in [-0.05, 0) is 20.8 Å². The maximum absolute atomic E-state index is 3.52. The van der Waals surface area contributed by atoms with Crippen LogP contribution in [0.5, 0.6) is 0 Å². The maximum atomic E-state index is 3.52. The van der Waals surface area contributed by atoms with E-state index in [2.05, 4.69) is 6.92 Å².